The molecule has 0 aliphatic heterocycles. The molecule has 3 aromatic rings. The quantitative estimate of drug-likeness (QED) is 0.671. The normalized spacial score (nSPS) is 10.4. The molecule has 1 aromatic heterocycles. The molecule has 0 saturated heterocycles. The third-order valence-electron chi connectivity index (χ3n) is 3.50. The minimum Gasteiger partial charge on any atom is -0.497 e. The number of methoxy groups -OCH3 is 1. The summed E-state index contributed by atoms with van der Waals surface area (Å²) in [5, 5.41) is 3.83. The summed E-state index contributed by atoms with van der Waals surface area (Å²) in [7, 11) is 1.59. The Morgan fingerprint density at radius 2 is 1.88 bits per heavy atom. The minimum atomic E-state index is -0.139. The summed E-state index contributed by atoms with van der Waals surface area (Å²) >= 11 is 1.26. The predicted octanol–water partition coefficient (Wildman–Crippen LogP) is 3.58. The number of benzene rings is 2. The van der Waals surface area contributed by atoms with E-state index in [0.29, 0.717) is 27.9 Å². The number of nitrogens with two attached hydrogens (primary N) is 1. The number of carbonyl (C=O) groups is 1. The SMILES string of the molecule is COc1ccc(C(=O)c2sc(NCc3ccccc3)nc2N)cc1. The first kappa shape index (κ1) is 16.0. The van der Waals surface area contributed by atoms with Crippen LogP contribution in [0.2, 0.25) is 0 Å². The van der Waals surface area contributed by atoms with Gasteiger partial charge in [-0.1, -0.05) is 41.7 Å². The maximum absolute atomic E-state index is 12.6. The average molecular weight is 339 g/mol. The highest BCUT2D eigenvalue weighted by Gasteiger charge is 2.18. The Morgan fingerprint density at radius 3 is 2.54 bits per heavy atom. The average Bonchev–Trinajstić information content (AvgIpc) is 3.01. The van der Waals surface area contributed by atoms with Gasteiger partial charge in [0.1, 0.15) is 16.4 Å². The highest BCUT2D eigenvalue weighted by molar-refractivity contribution is 7.18. The van der Waals surface area contributed by atoms with Crippen LogP contribution in [0.15, 0.2) is 54.6 Å². The third-order valence-corrected chi connectivity index (χ3v) is 4.53. The molecule has 0 fully saturated rings. The summed E-state index contributed by atoms with van der Waals surface area (Å²) in [5.41, 5.74) is 7.61. The summed E-state index contributed by atoms with van der Waals surface area (Å²) < 4.78 is 5.10. The van der Waals surface area contributed by atoms with Crippen LogP contribution in [-0.2, 0) is 6.54 Å². The summed E-state index contributed by atoms with van der Waals surface area (Å²) in [4.78, 5) is 17.3. The van der Waals surface area contributed by atoms with Crippen LogP contribution in [-0.4, -0.2) is 17.9 Å². The largest absolute Gasteiger partial charge is 0.497 e. The molecule has 6 heteroatoms. The molecule has 3 N–H and O–H groups in total. The molecular formula is C18H17N3O2S. The van der Waals surface area contributed by atoms with Crippen molar-refractivity contribution in [3.8, 4) is 5.75 Å². The molecule has 0 aliphatic rings. The van der Waals surface area contributed by atoms with Crippen molar-refractivity contribution in [1.82, 2.24) is 4.98 Å². The Balaban J connectivity index is 1.74. The Morgan fingerprint density at radius 1 is 1.17 bits per heavy atom. The van der Waals surface area contributed by atoms with Crippen molar-refractivity contribution in [2.75, 3.05) is 18.2 Å². The molecule has 3 rings (SSSR count). The van der Waals surface area contributed by atoms with Gasteiger partial charge < -0.3 is 15.8 Å². The molecule has 0 saturated carbocycles. The van der Waals surface area contributed by atoms with Gasteiger partial charge in [-0.05, 0) is 29.8 Å². The van der Waals surface area contributed by atoms with Crippen molar-refractivity contribution >= 4 is 28.1 Å². The van der Waals surface area contributed by atoms with Crippen LogP contribution < -0.4 is 15.8 Å². The number of hydrogen-bond acceptors (Lipinski definition) is 6. The maximum atomic E-state index is 12.6. The van der Waals surface area contributed by atoms with E-state index in [1.165, 1.54) is 11.3 Å². The zero-order valence-electron chi connectivity index (χ0n) is 13.2. The van der Waals surface area contributed by atoms with Crippen LogP contribution in [0.5, 0.6) is 5.75 Å². The monoisotopic (exact) mass is 339 g/mol. The lowest BCUT2D eigenvalue weighted by Gasteiger charge is -2.02. The first-order valence-electron chi connectivity index (χ1n) is 7.40. The van der Waals surface area contributed by atoms with Crippen LogP contribution in [0.25, 0.3) is 0 Å². The van der Waals surface area contributed by atoms with Gasteiger partial charge in [-0.3, -0.25) is 4.79 Å². The topological polar surface area (TPSA) is 77.2 Å². The van der Waals surface area contributed by atoms with Crippen molar-refractivity contribution in [2.45, 2.75) is 6.54 Å². The van der Waals surface area contributed by atoms with E-state index < -0.39 is 0 Å². The van der Waals surface area contributed by atoms with E-state index >= 15 is 0 Å². The molecule has 0 unspecified atom stereocenters. The number of ether oxygens (including phenoxy) is 1. The number of rotatable bonds is 6. The number of nitrogens with zero attached hydrogens (tertiary/aromatic N) is 1. The Labute approximate surface area is 144 Å². The molecule has 0 atom stereocenters. The van der Waals surface area contributed by atoms with Gasteiger partial charge in [0.15, 0.2) is 5.13 Å². The lowest BCUT2D eigenvalue weighted by molar-refractivity contribution is 0.104. The molecule has 0 bridgehead atoms. The van der Waals surface area contributed by atoms with Crippen LogP contribution in [0.1, 0.15) is 20.8 Å². The predicted molar refractivity (Wildman–Crippen MR) is 96.7 cm³/mol. The van der Waals surface area contributed by atoms with Gasteiger partial charge in [0.25, 0.3) is 0 Å². The fourth-order valence-corrected chi connectivity index (χ4v) is 3.06. The van der Waals surface area contributed by atoms with Gasteiger partial charge in [-0.15, -0.1) is 0 Å². The fraction of sp³-hybridized carbons (Fsp3) is 0.111. The van der Waals surface area contributed by atoms with Gasteiger partial charge in [0.2, 0.25) is 5.78 Å². The zero-order chi connectivity index (χ0) is 16.9. The number of ketones is 1. The van der Waals surface area contributed by atoms with Crippen molar-refractivity contribution in [3.05, 3.63) is 70.6 Å². The van der Waals surface area contributed by atoms with Crippen LogP contribution in [0, 0.1) is 0 Å². The van der Waals surface area contributed by atoms with Crippen LogP contribution in [0.3, 0.4) is 0 Å². The molecule has 1 heterocycles. The van der Waals surface area contributed by atoms with E-state index in [-0.39, 0.29) is 11.6 Å². The number of nitrogen functional groups attached to an aromatic ring is 1. The van der Waals surface area contributed by atoms with E-state index in [4.69, 9.17) is 10.5 Å². The summed E-state index contributed by atoms with van der Waals surface area (Å²) in [6, 6.07) is 16.9. The van der Waals surface area contributed by atoms with E-state index in [9.17, 15) is 4.79 Å². The Hall–Kier alpha value is -2.86. The number of hydrogen-bond donors (Lipinski definition) is 2. The van der Waals surface area contributed by atoms with Crippen molar-refractivity contribution in [2.24, 2.45) is 0 Å². The second kappa shape index (κ2) is 7.14. The zero-order valence-corrected chi connectivity index (χ0v) is 14.0. The molecule has 2 aromatic carbocycles. The van der Waals surface area contributed by atoms with Crippen molar-refractivity contribution in [3.63, 3.8) is 0 Å². The standard InChI is InChI=1S/C18H17N3O2S/c1-23-14-9-7-13(8-10-14)15(22)16-17(19)21-18(24-16)20-11-12-5-3-2-4-6-12/h2-10H,11,19H2,1H3,(H,20,21). The van der Waals surface area contributed by atoms with Gasteiger partial charge in [0, 0.05) is 12.1 Å². The molecule has 0 aliphatic carbocycles. The molecule has 0 radical (unpaired) electrons. The molecule has 0 spiro atoms. The number of aromatic nitrogens is 1. The Kier molecular flexibility index (Phi) is 4.77. The lowest BCUT2D eigenvalue weighted by atomic mass is 10.1. The smallest absolute Gasteiger partial charge is 0.206 e. The van der Waals surface area contributed by atoms with Gasteiger partial charge in [0.05, 0.1) is 7.11 Å². The van der Waals surface area contributed by atoms with Crippen molar-refractivity contribution in [1.29, 1.82) is 0 Å². The number of anilines is 2. The van der Waals surface area contributed by atoms with E-state index in [1.54, 1.807) is 31.4 Å². The van der Waals surface area contributed by atoms with Gasteiger partial charge in [-0.25, -0.2) is 4.98 Å². The highest BCUT2D eigenvalue weighted by Crippen LogP contribution is 2.28. The Bertz CT molecular complexity index is 829. The number of thiazole rings is 1. The lowest BCUT2D eigenvalue weighted by Crippen LogP contribution is -2.02. The van der Waals surface area contributed by atoms with Gasteiger partial charge in [-0.2, -0.15) is 0 Å². The first-order valence-corrected chi connectivity index (χ1v) is 8.22. The number of nitrogens with one attached hydrogen (secondary N) is 1. The minimum absolute atomic E-state index is 0.139. The summed E-state index contributed by atoms with van der Waals surface area (Å²) in [6.45, 7) is 0.629. The van der Waals surface area contributed by atoms with Gasteiger partial charge >= 0.3 is 0 Å². The molecule has 122 valence electrons. The summed E-state index contributed by atoms with van der Waals surface area (Å²) in [6.07, 6.45) is 0. The van der Waals surface area contributed by atoms with E-state index in [2.05, 4.69) is 10.3 Å². The van der Waals surface area contributed by atoms with E-state index in [1.807, 2.05) is 30.3 Å². The summed E-state index contributed by atoms with van der Waals surface area (Å²) in [5.74, 6) is 0.811. The molecule has 5 nitrogen and oxygen atoms in total. The van der Waals surface area contributed by atoms with Crippen LogP contribution >= 0.6 is 11.3 Å². The highest BCUT2D eigenvalue weighted by atomic mass is 32.1. The fourth-order valence-electron chi connectivity index (χ4n) is 2.22. The van der Waals surface area contributed by atoms with Crippen LogP contribution in [0.4, 0.5) is 10.9 Å². The molecule has 0 amide bonds. The molecular weight excluding hydrogens is 322 g/mol. The first-order chi connectivity index (χ1) is 11.7. The van der Waals surface area contributed by atoms with Crippen molar-refractivity contribution < 1.29 is 9.53 Å². The number of carbonyl (C=O) groups excluding carboxylic acids is 1. The maximum Gasteiger partial charge on any atom is 0.206 e. The third kappa shape index (κ3) is 3.55. The molecule has 24 heavy (non-hydrogen) atoms. The van der Waals surface area contributed by atoms with E-state index in [0.717, 1.165) is 5.56 Å². The second-order valence-electron chi connectivity index (χ2n) is 5.13. The second-order valence-corrected chi connectivity index (χ2v) is 6.13.